The van der Waals surface area contributed by atoms with E-state index in [0.29, 0.717) is 12.8 Å². The largest absolute Gasteiger partial charge is 0.458 e. The summed E-state index contributed by atoms with van der Waals surface area (Å²) < 4.78 is 23.7. The van der Waals surface area contributed by atoms with Crippen molar-refractivity contribution in [1.82, 2.24) is 5.01 Å². The molecule has 0 aromatic heterocycles. The van der Waals surface area contributed by atoms with Gasteiger partial charge in [0.2, 0.25) is 0 Å². The Morgan fingerprint density at radius 2 is 1.71 bits per heavy atom. The van der Waals surface area contributed by atoms with Gasteiger partial charge in [0.15, 0.2) is 5.60 Å². The smallest absolute Gasteiger partial charge is 0.425 e. The number of amides is 1. The second-order valence-electron chi connectivity index (χ2n) is 11.1. The third-order valence-electron chi connectivity index (χ3n) is 8.95. The number of ether oxygens (including phenoxy) is 4. The number of epoxide rings is 1. The van der Waals surface area contributed by atoms with Gasteiger partial charge in [-0.15, -0.1) is 0 Å². The molecule has 2 N–H and O–H groups in total. The number of hydrazine groups is 1. The Labute approximate surface area is 202 Å². The van der Waals surface area contributed by atoms with Crippen molar-refractivity contribution >= 4 is 17.8 Å². The highest BCUT2D eigenvalue weighted by atomic mass is 16.6. The molecular weight excluding hydrogens is 440 g/mol. The van der Waals surface area contributed by atoms with Gasteiger partial charge in [0, 0.05) is 18.9 Å². The van der Waals surface area contributed by atoms with Crippen LogP contribution >= 0.6 is 0 Å². The van der Waals surface area contributed by atoms with Crippen molar-refractivity contribution < 1.29 is 33.3 Å². The molecule has 0 saturated carbocycles. The van der Waals surface area contributed by atoms with Gasteiger partial charge in [0.25, 0.3) is 0 Å². The molecule has 0 spiro atoms. The summed E-state index contributed by atoms with van der Waals surface area (Å²) in [5.74, 6) is 3.80. The van der Waals surface area contributed by atoms with Gasteiger partial charge in [-0.05, 0) is 45.4 Å². The monoisotopic (exact) mass is 482 g/mol. The molecule has 3 heterocycles. The number of rotatable bonds is 2. The van der Waals surface area contributed by atoms with Crippen molar-refractivity contribution in [3.63, 3.8) is 0 Å². The molecule has 34 heavy (non-hydrogen) atoms. The fourth-order valence-electron chi connectivity index (χ4n) is 6.26. The topological polar surface area (TPSA) is 121 Å². The van der Waals surface area contributed by atoms with Gasteiger partial charge in [-0.1, -0.05) is 34.6 Å². The molecule has 194 valence electrons. The third-order valence-corrected chi connectivity index (χ3v) is 8.95. The van der Waals surface area contributed by atoms with Gasteiger partial charge in [0.1, 0.15) is 17.8 Å². The number of hydrogen-bond donors (Lipinski definition) is 1. The van der Waals surface area contributed by atoms with Gasteiger partial charge >= 0.3 is 12.1 Å². The number of methoxy groups -OCH3 is 1. The number of fused-ring (bicyclic) bond motifs is 2. The Hall–Kier alpha value is -1.71. The Balaban J connectivity index is 2.04. The van der Waals surface area contributed by atoms with Gasteiger partial charge in [-0.2, -0.15) is 0 Å². The summed E-state index contributed by atoms with van der Waals surface area (Å²) in [7, 11) is 1.66. The van der Waals surface area contributed by atoms with Crippen LogP contribution in [0.5, 0.6) is 0 Å². The molecule has 3 fully saturated rings. The minimum atomic E-state index is -1.18. The lowest BCUT2D eigenvalue weighted by Gasteiger charge is -2.39. The van der Waals surface area contributed by atoms with Gasteiger partial charge < -0.3 is 18.9 Å². The van der Waals surface area contributed by atoms with E-state index in [2.05, 4.69) is 6.92 Å². The molecule has 3 aliphatic heterocycles. The van der Waals surface area contributed by atoms with Crippen molar-refractivity contribution in [2.75, 3.05) is 7.11 Å². The van der Waals surface area contributed by atoms with E-state index in [1.807, 2.05) is 34.6 Å². The molecule has 0 aromatic rings. The normalized spacial score (nSPS) is 48.2. The Morgan fingerprint density at radius 3 is 2.26 bits per heavy atom. The van der Waals surface area contributed by atoms with Crippen LogP contribution in [-0.4, -0.2) is 65.5 Å². The van der Waals surface area contributed by atoms with Crippen molar-refractivity contribution in [3.05, 3.63) is 0 Å². The van der Waals surface area contributed by atoms with Crippen LogP contribution in [0.4, 0.5) is 4.79 Å². The average Bonchev–Trinajstić information content (AvgIpc) is 3.56. The van der Waals surface area contributed by atoms with Crippen LogP contribution in [-0.2, 0) is 28.5 Å². The highest BCUT2D eigenvalue weighted by molar-refractivity contribution is 5.99. The summed E-state index contributed by atoms with van der Waals surface area (Å²) >= 11 is 0. The van der Waals surface area contributed by atoms with Crippen LogP contribution in [0, 0.1) is 29.6 Å². The van der Waals surface area contributed by atoms with E-state index < -0.39 is 47.2 Å². The summed E-state index contributed by atoms with van der Waals surface area (Å²) in [6, 6.07) is -0.567. The molecule has 0 bridgehead atoms. The first-order valence-electron chi connectivity index (χ1n) is 12.4. The van der Waals surface area contributed by atoms with E-state index in [0.717, 1.165) is 5.01 Å². The zero-order valence-corrected chi connectivity index (χ0v) is 22.0. The number of hydrogen-bond acceptors (Lipinski definition) is 8. The van der Waals surface area contributed by atoms with Crippen LogP contribution in [0.15, 0.2) is 0 Å². The van der Waals surface area contributed by atoms with Crippen molar-refractivity contribution in [1.29, 1.82) is 0 Å². The number of carbonyl (C=O) groups is 3. The maximum absolute atomic E-state index is 13.3. The third kappa shape index (κ3) is 4.35. The first-order chi connectivity index (χ1) is 15.7. The summed E-state index contributed by atoms with van der Waals surface area (Å²) in [5, 5.41) is 1.10. The molecule has 9 nitrogen and oxygen atoms in total. The molecule has 2 unspecified atom stereocenters. The molecule has 1 amide bonds. The Kier molecular flexibility index (Phi) is 7.43. The lowest BCUT2D eigenvalue weighted by Crippen LogP contribution is -2.58. The zero-order chi connectivity index (χ0) is 25.7. The summed E-state index contributed by atoms with van der Waals surface area (Å²) in [4.78, 5) is 39.0. The van der Waals surface area contributed by atoms with Crippen LogP contribution in [0.3, 0.4) is 0 Å². The predicted molar refractivity (Wildman–Crippen MR) is 124 cm³/mol. The summed E-state index contributed by atoms with van der Waals surface area (Å²) in [5.41, 5.74) is -1.77. The number of esters is 1. The molecule has 9 heteroatoms. The molecule has 3 saturated heterocycles. The average molecular weight is 483 g/mol. The first kappa shape index (κ1) is 26.9. The maximum Gasteiger partial charge on any atom is 0.425 e. The summed E-state index contributed by atoms with van der Waals surface area (Å²) in [6.45, 7) is 15.1. The summed E-state index contributed by atoms with van der Waals surface area (Å²) in [6.07, 6.45) is -0.533. The maximum atomic E-state index is 13.3. The van der Waals surface area contributed by atoms with Gasteiger partial charge in [-0.3, -0.25) is 9.59 Å². The van der Waals surface area contributed by atoms with E-state index in [9.17, 15) is 14.4 Å². The van der Waals surface area contributed by atoms with Crippen LogP contribution in [0.1, 0.15) is 68.2 Å². The van der Waals surface area contributed by atoms with E-state index in [1.165, 1.54) is 0 Å². The Morgan fingerprint density at radius 1 is 1.09 bits per heavy atom. The second-order valence-corrected chi connectivity index (χ2v) is 11.1. The van der Waals surface area contributed by atoms with Crippen LogP contribution in [0.2, 0.25) is 0 Å². The van der Waals surface area contributed by atoms with Crippen LogP contribution < -0.4 is 5.84 Å². The Bertz CT molecular complexity index is 821. The van der Waals surface area contributed by atoms with E-state index in [4.69, 9.17) is 24.8 Å². The number of Topliss-reactive ketones (excluding diaryl/α,β-unsaturated/α-hetero) is 1. The molecule has 0 aromatic carbocycles. The standard InChI is InChI=1S/C25H42N2O7/c1-10-17-25(8)21(27(26)23(30)34-25)15(5)20-19(33-20)12(2)11-24(7,31-9)16(6)13(3)18(28)14(4)22(29)32-17/h12-17,19-21H,10-11,26H2,1-9H3/t12-,13-,14-,15+,16-,17-,19?,20?,21-,24-,25-/m1/s1. The zero-order valence-electron chi connectivity index (χ0n) is 22.0. The molecule has 3 rings (SSSR count). The molecule has 0 aliphatic carbocycles. The SMILES string of the molecule is CC[C@H]1OC(=O)[C@H](C)C(=O)[C@H](C)[C@@H](C)[C@](C)(OC)C[C@@H](C)C2OC2[C@H](C)[C@H]2N(N)C(=O)O[C@]12C. The fraction of sp³-hybridized carbons (Fsp3) is 0.880. The van der Waals surface area contributed by atoms with E-state index >= 15 is 0 Å². The second kappa shape index (κ2) is 9.39. The van der Waals surface area contributed by atoms with E-state index in [1.54, 1.807) is 21.0 Å². The molecule has 11 atom stereocenters. The highest BCUT2D eigenvalue weighted by Gasteiger charge is 2.62. The van der Waals surface area contributed by atoms with Gasteiger partial charge in [-0.25, -0.2) is 15.6 Å². The van der Waals surface area contributed by atoms with Gasteiger partial charge in [0.05, 0.1) is 23.9 Å². The number of cyclic esters (lactones) is 1. The van der Waals surface area contributed by atoms with Crippen LogP contribution in [0.25, 0.3) is 0 Å². The van der Waals surface area contributed by atoms with Crippen molar-refractivity contribution in [3.8, 4) is 0 Å². The quantitative estimate of drug-likeness (QED) is 0.210. The lowest BCUT2D eigenvalue weighted by atomic mass is 9.72. The number of carbonyl (C=O) groups excluding carboxylic acids is 3. The highest BCUT2D eigenvalue weighted by Crippen LogP contribution is 2.47. The predicted octanol–water partition coefficient (Wildman–Crippen LogP) is 3.09. The molecule has 0 radical (unpaired) electrons. The first-order valence-corrected chi connectivity index (χ1v) is 12.4. The fourth-order valence-corrected chi connectivity index (χ4v) is 6.26. The molecule has 3 aliphatic rings. The lowest BCUT2D eigenvalue weighted by molar-refractivity contribution is -0.171. The number of ketones is 1. The van der Waals surface area contributed by atoms with Crippen molar-refractivity contribution in [2.45, 2.75) is 104 Å². The minimum absolute atomic E-state index is 0.0392. The molecular formula is C25H42N2O7. The minimum Gasteiger partial charge on any atom is -0.458 e. The van der Waals surface area contributed by atoms with E-state index in [-0.39, 0.29) is 35.7 Å². The number of nitrogens with two attached hydrogens (primary N) is 1. The number of nitrogens with zero attached hydrogens (tertiary/aromatic N) is 1. The van der Waals surface area contributed by atoms with Crippen molar-refractivity contribution in [2.24, 2.45) is 35.4 Å².